The molecule has 1 heterocycles. The molecule has 11 heteroatoms. The van der Waals surface area contributed by atoms with E-state index < -0.39 is 28.9 Å². The number of amidine groups is 1. The third kappa shape index (κ3) is 8.40. The molecule has 238 valence electrons. The van der Waals surface area contributed by atoms with Crippen molar-refractivity contribution in [2.75, 3.05) is 26.4 Å². The second-order valence-corrected chi connectivity index (χ2v) is 12.1. The highest BCUT2D eigenvalue weighted by molar-refractivity contribution is 8.93. The van der Waals surface area contributed by atoms with E-state index >= 15 is 4.39 Å². The number of hydrogen-bond donors (Lipinski definition) is 1. The van der Waals surface area contributed by atoms with E-state index in [0.717, 1.165) is 0 Å². The number of ketones is 1. The van der Waals surface area contributed by atoms with Crippen molar-refractivity contribution in [2.24, 2.45) is 10.8 Å². The molecule has 43 heavy (non-hydrogen) atoms. The smallest absolute Gasteiger partial charge is 0.314 e. The average molecular weight is 668 g/mol. The zero-order chi connectivity index (χ0) is 31.4. The summed E-state index contributed by atoms with van der Waals surface area (Å²) < 4.78 is 44.1. The minimum atomic E-state index is -0.911. The lowest BCUT2D eigenvalue weighted by Gasteiger charge is -2.32. The van der Waals surface area contributed by atoms with Crippen LogP contribution in [0.5, 0.6) is 23.0 Å². The van der Waals surface area contributed by atoms with Gasteiger partial charge in [-0.25, -0.2) is 4.39 Å². The highest BCUT2D eigenvalue weighted by Gasteiger charge is 2.36. The van der Waals surface area contributed by atoms with Crippen molar-refractivity contribution in [3.05, 3.63) is 46.8 Å². The second-order valence-electron chi connectivity index (χ2n) is 12.1. The summed E-state index contributed by atoms with van der Waals surface area (Å²) in [4.78, 5) is 27.5. The van der Waals surface area contributed by atoms with Gasteiger partial charge in [0.15, 0.2) is 34.6 Å². The van der Waals surface area contributed by atoms with Crippen LogP contribution in [0.2, 0.25) is 0 Å². The Labute approximate surface area is 264 Å². The molecule has 1 aliphatic heterocycles. The zero-order valence-electron chi connectivity index (χ0n) is 26.5. The first-order valence-electron chi connectivity index (χ1n) is 14.2. The van der Waals surface area contributed by atoms with Gasteiger partial charge in [0.05, 0.1) is 37.3 Å². The topological polar surface area (TPSA) is 107 Å². The summed E-state index contributed by atoms with van der Waals surface area (Å²) in [5, 5.41) is 8.61. The maximum atomic E-state index is 15.4. The Balaban J connectivity index is 0.00000645. The van der Waals surface area contributed by atoms with Gasteiger partial charge in [-0.15, -0.1) is 17.0 Å². The van der Waals surface area contributed by atoms with Crippen LogP contribution in [0.3, 0.4) is 0 Å². The predicted octanol–water partition coefficient (Wildman–Crippen LogP) is 6.96. The Hall–Kier alpha value is -3.34. The molecular weight excluding hydrogens is 623 g/mol. The van der Waals surface area contributed by atoms with Gasteiger partial charge in [0, 0.05) is 17.5 Å². The minimum Gasteiger partial charge on any atom is -0.490 e. The number of esters is 1. The normalized spacial score (nSPS) is 13.5. The van der Waals surface area contributed by atoms with Gasteiger partial charge in [-0.05, 0) is 71.4 Å². The molecule has 1 aliphatic rings. The van der Waals surface area contributed by atoms with Crippen LogP contribution in [0.4, 0.5) is 4.39 Å². The Morgan fingerprint density at radius 1 is 0.930 bits per heavy atom. The van der Waals surface area contributed by atoms with Crippen molar-refractivity contribution in [3.63, 3.8) is 0 Å². The number of benzene rings is 2. The third-order valence-corrected chi connectivity index (χ3v) is 6.44. The molecule has 0 aliphatic carbocycles. The van der Waals surface area contributed by atoms with Gasteiger partial charge in [0.1, 0.15) is 5.84 Å². The van der Waals surface area contributed by atoms with Gasteiger partial charge in [-0.3, -0.25) is 15.0 Å². The van der Waals surface area contributed by atoms with Crippen molar-refractivity contribution in [1.82, 2.24) is 4.90 Å². The summed E-state index contributed by atoms with van der Waals surface area (Å²) in [5.41, 5.74) is -0.282. The van der Waals surface area contributed by atoms with E-state index in [9.17, 15) is 9.59 Å². The fourth-order valence-electron chi connectivity index (χ4n) is 4.24. The quantitative estimate of drug-likeness (QED) is 0.147. The van der Waals surface area contributed by atoms with Gasteiger partial charge < -0.3 is 28.6 Å². The van der Waals surface area contributed by atoms with Crippen molar-refractivity contribution in [2.45, 2.75) is 75.1 Å². The lowest BCUT2D eigenvalue weighted by atomic mass is 9.94. The van der Waals surface area contributed by atoms with Crippen LogP contribution in [0, 0.1) is 22.1 Å². The number of ether oxygens (including phenoxy) is 5. The molecule has 1 N–H and O–H groups in total. The van der Waals surface area contributed by atoms with Gasteiger partial charge in [-0.2, -0.15) is 0 Å². The molecule has 0 bridgehead atoms. The molecule has 9 nitrogen and oxygen atoms in total. The van der Waals surface area contributed by atoms with Gasteiger partial charge in [0.25, 0.3) is 0 Å². The van der Waals surface area contributed by atoms with Crippen LogP contribution >= 0.6 is 17.0 Å². The minimum absolute atomic E-state index is 0. The monoisotopic (exact) mass is 666 g/mol. The lowest BCUT2D eigenvalue weighted by Crippen LogP contribution is -2.39. The molecule has 0 radical (unpaired) electrons. The number of Topliss-reactive ketones (excluding diaryl/α,β-unsaturated/α-hetero) is 1. The Morgan fingerprint density at radius 3 is 2.09 bits per heavy atom. The molecule has 1 unspecified atom stereocenters. The van der Waals surface area contributed by atoms with Crippen molar-refractivity contribution < 1.29 is 37.7 Å². The number of carbonyl (C=O) groups excluding carboxylic acids is 2. The number of nitrogens with one attached hydrogen (secondary N) is 1. The molecule has 0 fully saturated rings. The average Bonchev–Trinajstić information content (AvgIpc) is 3.20. The van der Waals surface area contributed by atoms with Crippen molar-refractivity contribution in [1.29, 1.82) is 5.41 Å². The summed E-state index contributed by atoms with van der Waals surface area (Å²) in [5.74, 6) is -0.577. The summed E-state index contributed by atoms with van der Waals surface area (Å²) in [6, 6.07) is 6.44. The molecule has 0 spiro atoms. The van der Waals surface area contributed by atoms with Crippen LogP contribution in [-0.4, -0.2) is 55.1 Å². The largest absolute Gasteiger partial charge is 0.490 e. The first-order chi connectivity index (χ1) is 19.6. The molecule has 1 atom stereocenters. The molecule has 2 aromatic carbocycles. The molecule has 0 saturated heterocycles. The first-order valence-corrected chi connectivity index (χ1v) is 14.2. The molecule has 3 rings (SSSR count). The number of carbonyl (C=O) groups is 2. The standard InChI is InChI=1S/C32H43FN2O7.BrH/c1-10-38-23-15-19(13-14-22(23)41-30(32(7,8)9)42-29(37)31(4,5)6)21(36)18-35-17-20-16-24(39-11-2)27(40-12-3)26(33)25(20)28(35)34;/h13-16,30,34H,10-12,17-18H2,1-9H3;1H. The predicted molar refractivity (Wildman–Crippen MR) is 168 cm³/mol. The number of rotatable bonds is 12. The second kappa shape index (κ2) is 14.4. The van der Waals surface area contributed by atoms with E-state index in [1.807, 2.05) is 27.7 Å². The van der Waals surface area contributed by atoms with Crippen molar-refractivity contribution in [3.8, 4) is 23.0 Å². The van der Waals surface area contributed by atoms with Crippen LogP contribution in [0.15, 0.2) is 24.3 Å². The molecule has 0 aromatic heterocycles. The zero-order valence-corrected chi connectivity index (χ0v) is 28.2. The number of halogens is 2. The molecule has 2 aromatic rings. The Kier molecular flexibility index (Phi) is 12.0. The third-order valence-electron chi connectivity index (χ3n) is 6.44. The summed E-state index contributed by atoms with van der Waals surface area (Å²) in [7, 11) is 0. The molecular formula is C32H44BrFN2O7. The highest BCUT2D eigenvalue weighted by Crippen LogP contribution is 2.39. The number of fused-ring (bicyclic) bond motifs is 1. The van der Waals surface area contributed by atoms with Crippen molar-refractivity contribution >= 4 is 34.6 Å². The van der Waals surface area contributed by atoms with Crippen LogP contribution < -0.4 is 18.9 Å². The number of nitrogens with zero attached hydrogens (tertiary/aromatic N) is 1. The Morgan fingerprint density at radius 2 is 1.53 bits per heavy atom. The van der Waals surface area contributed by atoms with Crippen LogP contribution in [0.25, 0.3) is 0 Å². The van der Waals surface area contributed by atoms with E-state index in [4.69, 9.17) is 29.1 Å². The van der Waals surface area contributed by atoms with Gasteiger partial charge in [0.2, 0.25) is 6.29 Å². The number of hydrogen-bond acceptors (Lipinski definition) is 8. The lowest BCUT2D eigenvalue weighted by molar-refractivity contribution is -0.188. The van der Waals surface area contributed by atoms with Crippen LogP contribution in [-0.2, 0) is 16.1 Å². The SMILES string of the molecule is Br.CCOc1cc(C(=O)CN2Cc3cc(OCC)c(OCC)c(F)c3C2=N)ccc1OC(OC(=O)C(C)(C)C)C(C)(C)C. The summed E-state index contributed by atoms with van der Waals surface area (Å²) in [6.07, 6.45) is -0.911. The van der Waals surface area contributed by atoms with E-state index in [1.165, 1.54) is 4.90 Å². The maximum absolute atomic E-state index is 15.4. The Bertz CT molecular complexity index is 1330. The van der Waals surface area contributed by atoms with E-state index in [-0.39, 0.29) is 65.4 Å². The maximum Gasteiger partial charge on any atom is 0.314 e. The van der Waals surface area contributed by atoms with E-state index in [1.54, 1.807) is 58.9 Å². The fraction of sp³-hybridized carbons (Fsp3) is 0.531. The van der Waals surface area contributed by atoms with Gasteiger partial charge in [-0.1, -0.05) is 20.8 Å². The summed E-state index contributed by atoms with van der Waals surface area (Å²) in [6.45, 7) is 17.2. The van der Waals surface area contributed by atoms with E-state index in [2.05, 4.69) is 0 Å². The molecule has 0 amide bonds. The van der Waals surface area contributed by atoms with Gasteiger partial charge >= 0.3 is 5.97 Å². The molecule has 0 saturated carbocycles. The first kappa shape index (κ1) is 35.9. The summed E-state index contributed by atoms with van der Waals surface area (Å²) >= 11 is 0. The highest BCUT2D eigenvalue weighted by atomic mass is 79.9. The fourth-order valence-corrected chi connectivity index (χ4v) is 4.24. The van der Waals surface area contributed by atoms with E-state index in [0.29, 0.717) is 35.8 Å². The van der Waals surface area contributed by atoms with Crippen LogP contribution in [0.1, 0.15) is 83.8 Å².